The summed E-state index contributed by atoms with van der Waals surface area (Å²) in [7, 11) is -3.26. The number of benzene rings is 1. The van der Waals surface area contributed by atoms with Crippen LogP contribution in [-0.4, -0.2) is 24.5 Å². The summed E-state index contributed by atoms with van der Waals surface area (Å²) in [4.78, 5) is 5.57. The molecule has 1 aromatic carbocycles. The second-order valence-corrected chi connectivity index (χ2v) is 8.26. The summed E-state index contributed by atoms with van der Waals surface area (Å²) in [5, 5.41) is 0.690. The molecule has 0 bridgehead atoms. The number of halogens is 1. The van der Waals surface area contributed by atoms with Crippen LogP contribution in [0.2, 0.25) is 5.02 Å². The lowest BCUT2D eigenvalue weighted by atomic mass is 10.1. The van der Waals surface area contributed by atoms with Crippen molar-refractivity contribution in [2.24, 2.45) is 0 Å². The van der Waals surface area contributed by atoms with E-state index in [9.17, 15) is 4.57 Å². The molecule has 3 rings (SSSR count). The third-order valence-corrected chi connectivity index (χ3v) is 6.40. The summed E-state index contributed by atoms with van der Waals surface area (Å²) in [6.45, 7) is 4.14. The number of thiazole rings is 1. The smallest absolute Gasteiger partial charge is 0.367 e. The Balaban J connectivity index is 1.88. The first-order chi connectivity index (χ1) is 11.1. The van der Waals surface area contributed by atoms with Gasteiger partial charge in [0.05, 0.1) is 24.4 Å². The summed E-state index contributed by atoms with van der Waals surface area (Å²) >= 11 is 7.89. The number of hydrogen-bond acceptors (Lipinski definition) is 6. The van der Waals surface area contributed by atoms with E-state index < -0.39 is 7.60 Å². The minimum absolute atomic E-state index is 0.137. The van der Waals surface area contributed by atoms with Gasteiger partial charge in [-0.25, -0.2) is 4.98 Å². The van der Waals surface area contributed by atoms with Crippen molar-refractivity contribution in [2.75, 3.05) is 19.6 Å². The van der Waals surface area contributed by atoms with Gasteiger partial charge in [-0.05, 0) is 31.5 Å². The second kappa shape index (κ2) is 6.91. The number of nitrogens with zero attached hydrogens (tertiary/aromatic N) is 1. The average Bonchev–Trinajstić information content (AvgIpc) is 3.09. The largest absolute Gasteiger partial charge is 0.480 e. The predicted octanol–water partition coefficient (Wildman–Crippen LogP) is 4.97. The Morgan fingerprint density at radius 2 is 2.04 bits per heavy atom. The van der Waals surface area contributed by atoms with Gasteiger partial charge in [-0.15, -0.1) is 11.3 Å². The van der Waals surface area contributed by atoms with E-state index in [1.165, 1.54) is 0 Å². The molecule has 0 saturated carbocycles. The zero-order valence-electron chi connectivity index (χ0n) is 12.9. The third-order valence-electron chi connectivity index (χ3n) is 3.46. The Bertz CT molecular complexity index is 754. The van der Waals surface area contributed by atoms with Gasteiger partial charge in [0.1, 0.15) is 5.75 Å². The Labute approximate surface area is 144 Å². The number of ether oxygens (including phenoxy) is 1. The van der Waals surface area contributed by atoms with Crippen molar-refractivity contribution in [3.05, 3.63) is 33.1 Å². The molecule has 0 aliphatic heterocycles. The Hall–Kier alpha value is -0.910. The maximum Gasteiger partial charge on any atom is 0.367 e. The minimum atomic E-state index is -3.26. The van der Waals surface area contributed by atoms with Gasteiger partial charge in [0, 0.05) is 21.9 Å². The highest BCUT2D eigenvalue weighted by atomic mass is 35.5. The quantitative estimate of drug-likeness (QED) is 0.547. The molecule has 23 heavy (non-hydrogen) atoms. The van der Waals surface area contributed by atoms with E-state index in [-0.39, 0.29) is 6.35 Å². The molecule has 5 nitrogen and oxygen atoms in total. The molecule has 1 aliphatic carbocycles. The van der Waals surface area contributed by atoms with E-state index >= 15 is 0 Å². The molecule has 124 valence electrons. The molecular formula is C15H17ClNO4PS. The maximum atomic E-state index is 12.5. The van der Waals surface area contributed by atoms with Crippen molar-refractivity contribution in [3.8, 4) is 17.0 Å². The summed E-state index contributed by atoms with van der Waals surface area (Å²) in [6, 6.07) is 3.57. The lowest BCUT2D eigenvalue weighted by Gasteiger charge is -2.18. The topological polar surface area (TPSA) is 57.7 Å². The van der Waals surface area contributed by atoms with E-state index in [0.717, 1.165) is 28.1 Å². The number of aromatic nitrogens is 1. The molecule has 1 heterocycles. The molecule has 0 saturated heterocycles. The average molecular weight is 374 g/mol. The summed E-state index contributed by atoms with van der Waals surface area (Å²) < 4.78 is 28.8. The van der Waals surface area contributed by atoms with Crippen molar-refractivity contribution in [1.82, 2.24) is 4.98 Å². The normalized spacial score (nSPS) is 13.0. The van der Waals surface area contributed by atoms with Crippen LogP contribution < -0.4 is 4.74 Å². The van der Waals surface area contributed by atoms with Crippen molar-refractivity contribution in [2.45, 2.75) is 20.3 Å². The first kappa shape index (κ1) is 16.9. The Morgan fingerprint density at radius 1 is 1.30 bits per heavy atom. The van der Waals surface area contributed by atoms with Gasteiger partial charge in [0.2, 0.25) is 0 Å². The van der Waals surface area contributed by atoms with E-state index in [4.69, 9.17) is 25.4 Å². The van der Waals surface area contributed by atoms with Crippen LogP contribution in [0.3, 0.4) is 0 Å². The van der Waals surface area contributed by atoms with Crippen LogP contribution in [0.4, 0.5) is 0 Å². The van der Waals surface area contributed by atoms with E-state index in [2.05, 4.69) is 4.98 Å². The van der Waals surface area contributed by atoms with E-state index in [1.807, 2.05) is 5.51 Å². The minimum Gasteiger partial charge on any atom is -0.480 e. The molecule has 1 aromatic heterocycles. The fourth-order valence-corrected chi connectivity index (χ4v) is 4.88. The van der Waals surface area contributed by atoms with Crippen LogP contribution in [0, 0.1) is 0 Å². The van der Waals surface area contributed by atoms with Crippen molar-refractivity contribution in [3.63, 3.8) is 0 Å². The van der Waals surface area contributed by atoms with Crippen LogP contribution in [0.15, 0.2) is 17.6 Å². The number of rotatable bonds is 7. The van der Waals surface area contributed by atoms with Crippen LogP contribution in [-0.2, 0) is 20.0 Å². The lowest BCUT2D eigenvalue weighted by Crippen LogP contribution is -2.06. The molecule has 0 N–H and O–H groups in total. The van der Waals surface area contributed by atoms with E-state index in [0.29, 0.717) is 24.0 Å². The lowest BCUT2D eigenvalue weighted by molar-refractivity contribution is 0.197. The number of hydrogen-bond donors (Lipinski definition) is 0. The van der Waals surface area contributed by atoms with Crippen molar-refractivity contribution >= 4 is 30.5 Å². The molecule has 1 aliphatic rings. The molecule has 0 atom stereocenters. The standard InChI is InChI=1S/C15H17ClNO4PS/c1-3-20-22(18,21-4-2)9-19-12-6-5-11(16)10-7-13-15(14(10)12)17-8-23-13/h5-6,8H,3-4,7,9H2,1-2H3. The highest BCUT2D eigenvalue weighted by molar-refractivity contribution is 7.53. The molecule has 0 amide bonds. The monoisotopic (exact) mass is 373 g/mol. The van der Waals surface area contributed by atoms with Crippen LogP contribution >= 0.6 is 30.5 Å². The third kappa shape index (κ3) is 3.32. The second-order valence-electron chi connectivity index (χ2n) is 4.92. The first-order valence-corrected chi connectivity index (χ1v) is 10.3. The van der Waals surface area contributed by atoms with Crippen molar-refractivity contribution < 1.29 is 18.3 Å². The van der Waals surface area contributed by atoms with Gasteiger partial charge in [-0.3, -0.25) is 4.57 Å². The van der Waals surface area contributed by atoms with Gasteiger partial charge in [-0.1, -0.05) is 11.6 Å². The van der Waals surface area contributed by atoms with Crippen molar-refractivity contribution in [1.29, 1.82) is 0 Å². The zero-order chi connectivity index (χ0) is 16.4. The highest BCUT2D eigenvalue weighted by Crippen LogP contribution is 2.50. The summed E-state index contributed by atoms with van der Waals surface area (Å²) in [5.74, 6) is 0.605. The van der Waals surface area contributed by atoms with Gasteiger partial charge in [0.15, 0.2) is 6.35 Å². The summed E-state index contributed by atoms with van der Waals surface area (Å²) in [5.41, 5.74) is 4.59. The van der Waals surface area contributed by atoms with Gasteiger partial charge < -0.3 is 13.8 Å². The number of fused-ring (bicyclic) bond motifs is 3. The van der Waals surface area contributed by atoms with Crippen LogP contribution in [0.25, 0.3) is 11.3 Å². The molecule has 0 spiro atoms. The van der Waals surface area contributed by atoms with Gasteiger partial charge in [-0.2, -0.15) is 0 Å². The first-order valence-electron chi connectivity index (χ1n) is 7.33. The Morgan fingerprint density at radius 3 is 2.74 bits per heavy atom. The SMILES string of the molecule is CCOP(=O)(COc1ccc(Cl)c2c1-c1ncsc1C2)OCC. The zero-order valence-corrected chi connectivity index (χ0v) is 15.3. The van der Waals surface area contributed by atoms with Gasteiger partial charge >= 0.3 is 7.60 Å². The fourth-order valence-electron chi connectivity index (χ4n) is 2.57. The molecular weight excluding hydrogens is 357 g/mol. The highest BCUT2D eigenvalue weighted by Gasteiger charge is 2.30. The van der Waals surface area contributed by atoms with Crippen LogP contribution in [0.5, 0.6) is 5.75 Å². The van der Waals surface area contributed by atoms with Crippen LogP contribution in [0.1, 0.15) is 24.3 Å². The molecule has 0 unspecified atom stereocenters. The maximum absolute atomic E-state index is 12.5. The fraction of sp³-hybridized carbons (Fsp3) is 0.400. The van der Waals surface area contributed by atoms with Gasteiger partial charge in [0.25, 0.3) is 0 Å². The molecule has 0 radical (unpaired) electrons. The molecule has 0 fully saturated rings. The van der Waals surface area contributed by atoms with E-state index in [1.54, 1.807) is 37.3 Å². The Kier molecular flexibility index (Phi) is 5.09. The molecule has 8 heteroatoms. The molecule has 2 aromatic rings. The summed E-state index contributed by atoms with van der Waals surface area (Å²) in [6.07, 6.45) is 0.613. The predicted molar refractivity (Wildman–Crippen MR) is 91.7 cm³/mol.